The molecule has 162 valence electrons. The van der Waals surface area contributed by atoms with Gasteiger partial charge in [-0.15, -0.1) is 5.06 Å². The van der Waals surface area contributed by atoms with E-state index in [9.17, 15) is 13.2 Å². The summed E-state index contributed by atoms with van der Waals surface area (Å²) in [5, 5.41) is 1.57. The van der Waals surface area contributed by atoms with E-state index in [1.807, 2.05) is 32.1 Å². The zero-order valence-corrected chi connectivity index (χ0v) is 18.8. The number of benzene rings is 1. The average molecular weight is 422 g/mol. The summed E-state index contributed by atoms with van der Waals surface area (Å²) in [5.74, 6) is -0.438. The van der Waals surface area contributed by atoms with E-state index >= 15 is 0 Å². The van der Waals surface area contributed by atoms with Crippen LogP contribution >= 0.6 is 0 Å². The highest BCUT2D eigenvalue weighted by atomic mass is 32.2. The van der Waals surface area contributed by atoms with Crippen molar-refractivity contribution in [3.05, 3.63) is 48.1 Å². The minimum Gasteiger partial charge on any atom is -0.364 e. The number of hydrogen-bond acceptors (Lipinski definition) is 5. The van der Waals surface area contributed by atoms with Gasteiger partial charge in [-0.1, -0.05) is 69.4 Å². The average Bonchev–Trinajstić information content (AvgIpc) is 2.73. The summed E-state index contributed by atoms with van der Waals surface area (Å²) >= 11 is 0. The van der Waals surface area contributed by atoms with Crippen LogP contribution in [-0.4, -0.2) is 32.5 Å². The van der Waals surface area contributed by atoms with Crippen LogP contribution in [0, 0.1) is 0 Å². The van der Waals surface area contributed by atoms with Gasteiger partial charge in [0.25, 0.3) is 0 Å². The van der Waals surface area contributed by atoms with Crippen LogP contribution in [-0.2, 0) is 20.3 Å². The Balaban J connectivity index is 2.91. The summed E-state index contributed by atoms with van der Waals surface area (Å²) in [6, 6.07) is 7.01. The first-order chi connectivity index (χ1) is 14.0. The second-order valence-corrected chi connectivity index (χ2v) is 7.86. The van der Waals surface area contributed by atoms with Crippen molar-refractivity contribution in [1.29, 1.82) is 0 Å². The van der Waals surface area contributed by atoms with E-state index in [0.717, 1.165) is 24.8 Å². The fraction of sp³-hybridized carbons (Fsp3) is 0.522. The van der Waals surface area contributed by atoms with Crippen molar-refractivity contribution in [2.24, 2.45) is 0 Å². The minimum absolute atomic E-state index is 0.318. The van der Waals surface area contributed by atoms with Crippen LogP contribution in [0.1, 0.15) is 71.3 Å². The molecule has 0 bridgehead atoms. The lowest BCUT2D eigenvalue weighted by Crippen LogP contribution is -2.25. The minimum atomic E-state index is -2.68. The van der Waals surface area contributed by atoms with Crippen LogP contribution in [0.3, 0.4) is 0 Å². The van der Waals surface area contributed by atoms with Gasteiger partial charge in [0.15, 0.2) is 10.7 Å². The monoisotopic (exact) mass is 421 g/mol. The molecule has 0 spiro atoms. The van der Waals surface area contributed by atoms with Gasteiger partial charge in [-0.25, -0.2) is 13.2 Å². The molecule has 0 radical (unpaired) electrons. The summed E-state index contributed by atoms with van der Waals surface area (Å²) in [4.78, 5) is 17.5. The Morgan fingerprint density at radius 3 is 2.31 bits per heavy atom. The lowest BCUT2D eigenvalue weighted by Gasteiger charge is -2.15. The van der Waals surface area contributed by atoms with E-state index < -0.39 is 16.7 Å². The van der Waals surface area contributed by atoms with Gasteiger partial charge >= 0.3 is 5.97 Å². The molecule has 1 rings (SSSR count). The van der Waals surface area contributed by atoms with Gasteiger partial charge in [0.2, 0.25) is 0 Å². The maximum atomic E-state index is 11.9. The summed E-state index contributed by atoms with van der Waals surface area (Å²) in [6.45, 7) is 7.28. The van der Waals surface area contributed by atoms with Crippen LogP contribution in [0.25, 0.3) is 5.57 Å². The van der Waals surface area contributed by atoms with E-state index in [0.29, 0.717) is 23.5 Å². The molecule has 0 fully saturated rings. The molecule has 0 aliphatic rings. The number of unbranched alkanes of at least 4 members (excludes halogenated alkanes) is 5. The first-order valence-electron chi connectivity index (χ1n) is 10.6. The maximum Gasteiger partial charge on any atom is 0.349 e. The number of hydroxylamine groups is 2. The lowest BCUT2D eigenvalue weighted by molar-refractivity contribution is -0.182. The fourth-order valence-electron chi connectivity index (χ4n) is 3.06. The zero-order chi connectivity index (χ0) is 21.5. The molecule has 0 atom stereocenters. The summed E-state index contributed by atoms with van der Waals surface area (Å²) < 4.78 is 23.3. The third-order valence-electron chi connectivity index (χ3n) is 4.70. The molecule has 1 aromatic rings. The Morgan fingerprint density at radius 1 is 1.00 bits per heavy atom. The highest BCUT2D eigenvalue weighted by Crippen LogP contribution is 2.26. The van der Waals surface area contributed by atoms with Gasteiger partial charge in [-0.3, -0.25) is 0 Å². The Hall–Kier alpha value is -1.92. The molecule has 0 saturated carbocycles. The Kier molecular flexibility index (Phi) is 13.0. The van der Waals surface area contributed by atoms with Crippen molar-refractivity contribution in [2.45, 2.75) is 70.6 Å². The number of thiol groups is 1. The van der Waals surface area contributed by atoms with E-state index in [1.54, 1.807) is 23.3 Å². The molecule has 0 heterocycles. The van der Waals surface area contributed by atoms with Gasteiger partial charge < -0.3 is 4.84 Å². The molecule has 0 aromatic heterocycles. The van der Waals surface area contributed by atoms with Crippen molar-refractivity contribution in [3.8, 4) is 0 Å². The number of nitrogens with zero attached hydrogens (tertiary/aromatic N) is 1. The molecule has 29 heavy (non-hydrogen) atoms. The lowest BCUT2D eigenvalue weighted by atomic mass is 9.98. The number of hydrogen-bond donors (Lipinski definition) is 1. The highest BCUT2D eigenvalue weighted by Gasteiger charge is 2.09. The molecule has 0 amide bonds. The zero-order valence-electron chi connectivity index (χ0n) is 17.9. The van der Waals surface area contributed by atoms with Gasteiger partial charge in [0.1, 0.15) is 0 Å². The molecule has 0 saturated heterocycles. The molecular formula is C23H35NO4S. The van der Waals surface area contributed by atoms with Crippen LogP contribution in [0.15, 0.2) is 47.4 Å². The molecular weight excluding hydrogens is 386 g/mol. The van der Waals surface area contributed by atoms with Gasteiger partial charge in [0.05, 0.1) is 4.90 Å². The van der Waals surface area contributed by atoms with Crippen molar-refractivity contribution < 1.29 is 18.0 Å². The molecule has 1 aromatic carbocycles. The smallest absolute Gasteiger partial charge is 0.349 e. The fourth-order valence-corrected chi connectivity index (χ4v) is 3.68. The molecule has 0 aliphatic carbocycles. The second kappa shape index (κ2) is 15.0. The van der Waals surface area contributed by atoms with E-state index in [2.05, 4.69) is 6.92 Å². The first kappa shape index (κ1) is 25.1. The predicted molar refractivity (Wildman–Crippen MR) is 119 cm³/mol. The molecule has 5 nitrogen and oxygen atoms in total. The number of allylic oxidation sites excluding steroid dienone is 3. The van der Waals surface area contributed by atoms with Crippen LogP contribution in [0.4, 0.5) is 0 Å². The van der Waals surface area contributed by atoms with Crippen LogP contribution in [0.5, 0.6) is 0 Å². The number of carbonyl (C=O) groups is 1. The standard InChI is InChI=1S/C23H35NO4S/c1-4-7-8-9-10-11-15-20(21-17-12-13-18-22(21)29(26)27)16-14-19-23(25)28-24(5-2)6-3/h12-14,16-19,29H,4-11,15H2,1-3H3. The first-order valence-corrected chi connectivity index (χ1v) is 11.8. The molecule has 6 heteroatoms. The Bertz CT molecular complexity index is 741. The van der Waals surface area contributed by atoms with Gasteiger partial charge in [-0.2, -0.15) is 0 Å². The third kappa shape index (κ3) is 9.90. The van der Waals surface area contributed by atoms with Crippen LogP contribution in [0.2, 0.25) is 0 Å². The number of rotatable bonds is 14. The summed E-state index contributed by atoms with van der Waals surface area (Å²) in [7, 11) is -2.68. The number of carbonyl (C=O) groups excluding carboxylic acids is 1. The molecule has 0 unspecified atom stereocenters. The third-order valence-corrected chi connectivity index (χ3v) is 5.48. The van der Waals surface area contributed by atoms with Gasteiger partial charge in [0, 0.05) is 19.2 Å². The van der Waals surface area contributed by atoms with Crippen molar-refractivity contribution in [2.75, 3.05) is 13.1 Å². The normalized spacial score (nSPS) is 12.2. The summed E-state index contributed by atoms with van der Waals surface area (Å²) in [6.07, 6.45) is 12.6. The quantitative estimate of drug-likeness (QED) is 0.148. The van der Waals surface area contributed by atoms with E-state index in [1.165, 1.54) is 31.8 Å². The summed E-state index contributed by atoms with van der Waals surface area (Å²) in [5.41, 5.74) is 1.63. The van der Waals surface area contributed by atoms with Crippen molar-refractivity contribution in [1.82, 2.24) is 5.06 Å². The maximum absolute atomic E-state index is 11.9. The predicted octanol–water partition coefficient (Wildman–Crippen LogP) is 5.15. The van der Waals surface area contributed by atoms with Crippen molar-refractivity contribution in [3.63, 3.8) is 0 Å². The van der Waals surface area contributed by atoms with Crippen LogP contribution < -0.4 is 0 Å². The SMILES string of the molecule is CCCCCCCCC(=CC=CC(=O)ON(CC)CC)c1ccccc1[SH](=O)=O. The van der Waals surface area contributed by atoms with Crippen molar-refractivity contribution >= 4 is 22.2 Å². The molecule has 0 N–H and O–H groups in total. The van der Waals surface area contributed by atoms with E-state index in [4.69, 9.17) is 4.84 Å². The highest BCUT2D eigenvalue weighted by molar-refractivity contribution is 7.72. The largest absolute Gasteiger partial charge is 0.364 e. The Morgan fingerprint density at radius 2 is 1.66 bits per heavy atom. The molecule has 0 aliphatic heterocycles. The Labute approximate surface area is 177 Å². The van der Waals surface area contributed by atoms with E-state index in [-0.39, 0.29) is 0 Å². The second-order valence-electron chi connectivity index (χ2n) is 6.87. The van der Waals surface area contributed by atoms with Gasteiger partial charge in [-0.05, 0) is 43.9 Å². The topological polar surface area (TPSA) is 63.7 Å².